The number of hydrogen-bond donors (Lipinski definition) is 0. The van der Waals surface area contributed by atoms with E-state index in [1.165, 1.54) is 44.9 Å². The molecule has 0 fully saturated rings. The van der Waals surface area contributed by atoms with Gasteiger partial charge < -0.3 is 4.74 Å². The molecule has 0 aromatic carbocycles. The predicted octanol–water partition coefficient (Wildman–Crippen LogP) is 4.41. The minimum absolute atomic E-state index is 0.783. The van der Waals surface area contributed by atoms with E-state index in [2.05, 4.69) is 20.8 Å². The maximum atomic E-state index is 5.66. The first-order chi connectivity index (χ1) is 6.85. The molecule has 0 aliphatic rings. The lowest BCUT2D eigenvalue weighted by molar-refractivity contribution is 0.0932. The van der Waals surface area contributed by atoms with Gasteiger partial charge in [-0.1, -0.05) is 59.3 Å². The topological polar surface area (TPSA) is 9.23 Å². The number of rotatable bonds is 10. The van der Waals surface area contributed by atoms with Crippen molar-refractivity contribution in [2.75, 3.05) is 13.2 Å². The molecule has 0 aliphatic carbocycles. The standard InChI is InChI=1S/C13H28O/c1-4-7-8-9-10-11-14-12-13(5-2)6-3/h13H,4-12H2,1-3H3. The Labute approximate surface area is 90.2 Å². The first-order valence-electron chi connectivity index (χ1n) is 6.42. The Bertz CT molecular complexity index is 97.4. The van der Waals surface area contributed by atoms with E-state index >= 15 is 0 Å². The monoisotopic (exact) mass is 200 g/mol. The lowest BCUT2D eigenvalue weighted by atomic mass is 10.1. The summed E-state index contributed by atoms with van der Waals surface area (Å²) in [6, 6.07) is 0. The highest BCUT2D eigenvalue weighted by Crippen LogP contribution is 2.08. The minimum atomic E-state index is 0.783. The van der Waals surface area contributed by atoms with Gasteiger partial charge in [0.15, 0.2) is 0 Å². The van der Waals surface area contributed by atoms with Crippen molar-refractivity contribution in [1.82, 2.24) is 0 Å². The van der Waals surface area contributed by atoms with Gasteiger partial charge in [-0.2, -0.15) is 0 Å². The van der Waals surface area contributed by atoms with Gasteiger partial charge >= 0.3 is 0 Å². The Morgan fingerprint density at radius 2 is 1.50 bits per heavy atom. The van der Waals surface area contributed by atoms with Gasteiger partial charge in [-0.3, -0.25) is 0 Å². The summed E-state index contributed by atoms with van der Waals surface area (Å²) in [5.41, 5.74) is 0. The van der Waals surface area contributed by atoms with Gasteiger partial charge in [0.1, 0.15) is 0 Å². The van der Waals surface area contributed by atoms with E-state index in [0.29, 0.717) is 0 Å². The van der Waals surface area contributed by atoms with Crippen LogP contribution in [0.4, 0.5) is 0 Å². The second kappa shape index (κ2) is 11.0. The van der Waals surface area contributed by atoms with Crippen molar-refractivity contribution in [1.29, 1.82) is 0 Å². The van der Waals surface area contributed by atoms with Crippen LogP contribution in [-0.4, -0.2) is 13.2 Å². The van der Waals surface area contributed by atoms with Gasteiger partial charge in [0.25, 0.3) is 0 Å². The SMILES string of the molecule is CCCCCCCOCC(CC)CC. The maximum Gasteiger partial charge on any atom is 0.0494 e. The summed E-state index contributed by atoms with van der Waals surface area (Å²) in [4.78, 5) is 0. The van der Waals surface area contributed by atoms with Crippen molar-refractivity contribution in [3.05, 3.63) is 0 Å². The molecule has 0 unspecified atom stereocenters. The van der Waals surface area contributed by atoms with Crippen LogP contribution in [0.5, 0.6) is 0 Å². The third-order valence-corrected chi connectivity index (χ3v) is 2.90. The Hall–Kier alpha value is -0.0400. The molecule has 0 aromatic rings. The average molecular weight is 200 g/mol. The molecule has 86 valence electrons. The lowest BCUT2D eigenvalue weighted by Gasteiger charge is -2.12. The number of hydrogen-bond acceptors (Lipinski definition) is 1. The molecular formula is C13H28O. The molecule has 0 saturated heterocycles. The second-order valence-electron chi connectivity index (χ2n) is 4.17. The fourth-order valence-corrected chi connectivity index (χ4v) is 1.58. The van der Waals surface area contributed by atoms with Crippen LogP contribution in [0.1, 0.15) is 65.7 Å². The summed E-state index contributed by atoms with van der Waals surface area (Å²) in [5, 5.41) is 0. The maximum absolute atomic E-state index is 5.66. The molecular weight excluding hydrogens is 172 g/mol. The van der Waals surface area contributed by atoms with Crippen molar-refractivity contribution in [2.24, 2.45) is 5.92 Å². The first-order valence-corrected chi connectivity index (χ1v) is 6.42. The van der Waals surface area contributed by atoms with E-state index in [9.17, 15) is 0 Å². The zero-order valence-electron chi connectivity index (χ0n) is 10.3. The summed E-state index contributed by atoms with van der Waals surface area (Å²) in [6.45, 7) is 8.70. The molecule has 0 saturated carbocycles. The highest BCUT2D eigenvalue weighted by molar-refractivity contribution is 4.52. The van der Waals surface area contributed by atoms with Crippen molar-refractivity contribution in [3.63, 3.8) is 0 Å². The Balaban J connectivity index is 3.04. The van der Waals surface area contributed by atoms with Crippen LogP contribution in [-0.2, 0) is 4.74 Å². The minimum Gasteiger partial charge on any atom is -0.381 e. The van der Waals surface area contributed by atoms with Crippen molar-refractivity contribution in [2.45, 2.75) is 65.7 Å². The summed E-state index contributed by atoms with van der Waals surface area (Å²) in [5.74, 6) is 0.783. The van der Waals surface area contributed by atoms with E-state index in [4.69, 9.17) is 4.74 Å². The third-order valence-electron chi connectivity index (χ3n) is 2.90. The van der Waals surface area contributed by atoms with Crippen LogP contribution in [0.15, 0.2) is 0 Å². The highest BCUT2D eigenvalue weighted by atomic mass is 16.5. The quantitative estimate of drug-likeness (QED) is 0.475. The van der Waals surface area contributed by atoms with E-state index in [0.717, 1.165) is 19.1 Å². The van der Waals surface area contributed by atoms with Crippen LogP contribution >= 0.6 is 0 Å². The largest absolute Gasteiger partial charge is 0.381 e. The van der Waals surface area contributed by atoms with Gasteiger partial charge in [-0.25, -0.2) is 0 Å². The van der Waals surface area contributed by atoms with E-state index < -0.39 is 0 Å². The summed E-state index contributed by atoms with van der Waals surface area (Å²) in [6.07, 6.45) is 9.20. The molecule has 0 aliphatic heterocycles. The Morgan fingerprint density at radius 1 is 0.857 bits per heavy atom. The van der Waals surface area contributed by atoms with Crippen molar-refractivity contribution < 1.29 is 4.74 Å². The normalized spacial score (nSPS) is 11.1. The fourth-order valence-electron chi connectivity index (χ4n) is 1.58. The van der Waals surface area contributed by atoms with Crippen molar-refractivity contribution >= 4 is 0 Å². The molecule has 0 heterocycles. The van der Waals surface area contributed by atoms with Crippen LogP contribution in [0.2, 0.25) is 0 Å². The molecule has 0 radical (unpaired) electrons. The van der Waals surface area contributed by atoms with E-state index in [-0.39, 0.29) is 0 Å². The predicted molar refractivity (Wildman–Crippen MR) is 63.7 cm³/mol. The van der Waals surface area contributed by atoms with Gasteiger partial charge in [-0.05, 0) is 12.3 Å². The lowest BCUT2D eigenvalue weighted by Crippen LogP contribution is -2.08. The summed E-state index contributed by atoms with van der Waals surface area (Å²) < 4.78 is 5.66. The molecule has 0 spiro atoms. The third kappa shape index (κ3) is 8.55. The van der Waals surface area contributed by atoms with E-state index in [1.54, 1.807) is 0 Å². The Kier molecular flexibility index (Phi) is 11.0. The summed E-state index contributed by atoms with van der Waals surface area (Å²) in [7, 11) is 0. The zero-order chi connectivity index (χ0) is 10.6. The second-order valence-corrected chi connectivity index (χ2v) is 4.17. The Morgan fingerprint density at radius 3 is 2.07 bits per heavy atom. The first kappa shape index (κ1) is 14.0. The molecule has 0 rings (SSSR count). The van der Waals surface area contributed by atoms with Gasteiger partial charge in [-0.15, -0.1) is 0 Å². The molecule has 0 N–H and O–H groups in total. The molecule has 0 bridgehead atoms. The molecule has 1 heteroatoms. The van der Waals surface area contributed by atoms with Crippen LogP contribution in [0.3, 0.4) is 0 Å². The molecule has 0 amide bonds. The van der Waals surface area contributed by atoms with Crippen LogP contribution in [0.25, 0.3) is 0 Å². The molecule has 14 heavy (non-hydrogen) atoms. The van der Waals surface area contributed by atoms with E-state index in [1.807, 2.05) is 0 Å². The van der Waals surface area contributed by atoms with Crippen LogP contribution < -0.4 is 0 Å². The molecule has 0 aromatic heterocycles. The number of ether oxygens (including phenoxy) is 1. The number of unbranched alkanes of at least 4 members (excludes halogenated alkanes) is 4. The smallest absolute Gasteiger partial charge is 0.0494 e. The fraction of sp³-hybridized carbons (Fsp3) is 1.00. The average Bonchev–Trinajstić information content (AvgIpc) is 2.22. The van der Waals surface area contributed by atoms with Gasteiger partial charge in [0.2, 0.25) is 0 Å². The summed E-state index contributed by atoms with van der Waals surface area (Å²) >= 11 is 0. The van der Waals surface area contributed by atoms with Crippen LogP contribution in [0, 0.1) is 5.92 Å². The molecule has 1 nitrogen and oxygen atoms in total. The zero-order valence-corrected chi connectivity index (χ0v) is 10.3. The van der Waals surface area contributed by atoms with Gasteiger partial charge in [0.05, 0.1) is 0 Å². The van der Waals surface area contributed by atoms with Crippen molar-refractivity contribution in [3.8, 4) is 0 Å². The highest BCUT2D eigenvalue weighted by Gasteiger charge is 2.02. The molecule has 0 atom stereocenters. The van der Waals surface area contributed by atoms with Gasteiger partial charge in [0, 0.05) is 13.2 Å².